The van der Waals surface area contributed by atoms with E-state index in [2.05, 4.69) is 15.3 Å². The molecule has 0 saturated heterocycles. The van der Waals surface area contributed by atoms with Gasteiger partial charge in [-0.1, -0.05) is 0 Å². The van der Waals surface area contributed by atoms with Crippen molar-refractivity contribution in [3.63, 3.8) is 0 Å². The molecule has 0 aliphatic rings. The number of nitrogens with one attached hydrogen (secondary N) is 2. The van der Waals surface area contributed by atoms with Crippen molar-refractivity contribution in [3.8, 4) is 0 Å². The number of halogens is 1. The zero-order chi connectivity index (χ0) is 10.4. The van der Waals surface area contributed by atoms with Crippen LogP contribution >= 0.6 is 11.6 Å². The van der Waals surface area contributed by atoms with E-state index in [1.165, 1.54) is 0 Å². The maximum Gasteiger partial charge on any atom is 0.237 e. The maximum atomic E-state index is 11.0. The third kappa shape index (κ3) is 3.79. The van der Waals surface area contributed by atoms with Gasteiger partial charge in [0.15, 0.2) is 0 Å². The fraction of sp³-hybridized carbons (Fsp3) is 0.556. The van der Waals surface area contributed by atoms with E-state index in [-0.39, 0.29) is 5.91 Å². The monoisotopic (exact) mass is 215 g/mol. The van der Waals surface area contributed by atoms with Gasteiger partial charge in [0.1, 0.15) is 11.2 Å². The predicted octanol–water partition coefficient (Wildman–Crippen LogP) is 1.09. The van der Waals surface area contributed by atoms with Gasteiger partial charge < -0.3 is 10.3 Å². The van der Waals surface area contributed by atoms with Crippen LogP contribution in [0.5, 0.6) is 0 Å². The molecule has 78 valence electrons. The molecule has 1 aromatic heterocycles. The van der Waals surface area contributed by atoms with Crippen molar-refractivity contribution in [1.82, 2.24) is 15.3 Å². The Balaban J connectivity index is 2.08. The Labute approximate surface area is 88.1 Å². The Hall–Kier alpha value is -1.03. The molecule has 0 fully saturated rings. The lowest BCUT2D eigenvalue weighted by molar-refractivity contribution is -0.120. The lowest BCUT2D eigenvalue weighted by Crippen LogP contribution is -2.30. The van der Waals surface area contributed by atoms with Crippen LogP contribution in [0.15, 0.2) is 12.4 Å². The molecule has 0 spiro atoms. The van der Waals surface area contributed by atoms with E-state index in [0.717, 1.165) is 18.7 Å². The first-order chi connectivity index (χ1) is 6.70. The highest BCUT2D eigenvalue weighted by molar-refractivity contribution is 6.30. The Morgan fingerprint density at radius 3 is 3.14 bits per heavy atom. The fourth-order valence-electron chi connectivity index (χ4n) is 1.04. The molecular weight excluding hydrogens is 202 g/mol. The van der Waals surface area contributed by atoms with E-state index >= 15 is 0 Å². The summed E-state index contributed by atoms with van der Waals surface area (Å²) in [5.74, 6) is 0.823. The van der Waals surface area contributed by atoms with Gasteiger partial charge in [-0.15, -0.1) is 11.6 Å². The third-order valence-electron chi connectivity index (χ3n) is 1.81. The molecule has 4 nitrogen and oxygen atoms in total. The number of carbonyl (C=O) groups is 1. The standard InChI is InChI=1S/C9H14ClN3O/c1-7(10)9(14)13-4-2-3-8-11-5-6-12-8/h5-7H,2-4H2,1H3,(H,11,12)(H,13,14). The minimum Gasteiger partial charge on any atom is -0.355 e. The van der Waals surface area contributed by atoms with Crippen molar-refractivity contribution in [2.75, 3.05) is 6.54 Å². The number of rotatable bonds is 5. The molecule has 0 bridgehead atoms. The molecule has 0 radical (unpaired) electrons. The van der Waals surface area contributed by atoms with Gasteiger partial charge in [0.25, 0.3) is 0 Å². The molecule has 0 saturated carbocycles. The highest BCUT2D eigenvalue weighted by Gasteiger charge is 2.06. The van der Waals surface area contributed by atoms with E-state index in [9.17, 15) is 4.79 Å². The van der Waals surface area contributed by atoms with E-state index in [1.807, 2.05) is 0 Å². The first kappa shape index (κ1) is 11.0. The van der Waals surface area contributed by atoms with Crippen LogP contribution in [0.2, 0.25) is 0 Å². The maximum absolute atomic E-state index is 11.0. The summed E-state index contributed by atoms with van der Waals surface area (Å²) in [6, 6.07) is 0. The minimum atomic E-state index is -0.460. The van der Waals surface area contributed by atoms with Gasteiger partial charge in [0, 0.05) is 25.4 Å². The fourth-order valence-corrected chi connectivity index (χ4v) is 1.12. The third-order valence-corrected chi connectivity index (χ3v) is 2.00. The van der Waals surface area contributed by atoms with E-state index in [1.54, 1.807) is 19.3 Å². The van der Waals surface area contributed by atoms with E-state index < -0.39 is 5.38 Å². The predicted molar refractivity (Wildman–Crippen MR) is 55.2 cm³/mol. The number of alkyl halides is 1. The van der Waals surface area contributed by atoms with Crippen molar-refractivity contribution in [3.05, 3.63) is 18.2 Å². The molecule has 0 aromatic carbocycles. The Kier molecular flexibility index (Phi) is 4.46. The molecule has 2 N–H and O–H groups in total. The molecule has 0 aliphatic carbocycles. The first-order valence-corrected chi connectivity index (χ1v) is 5.04. The van der Waals surface area contributed by atoms with Crippen molar-refractivity contribution >= 4 is 17.5 Å². The van der Waals surface area contributed by atoms with Crippen molar-refractivity contribution in [1.29, 1.82) is 0 Å². The number of H-pyrrole nitrogens is 1. The molecule has 1 aromatic rings. The van der Waals surface area contributed by atoms with Crippen LogP contribution in [0.25, 0.3) is 0 Å². The summed E-state index contributed by atoms with van der Waals surface area (Å²) < 4.78 is 0. The number of hydrogen-bond donors (Lipinski definition) is 2. The van der Waals surface area contributed by atoms with Crippen LogP contribution in [0, 0.1) is 0 Å². The first-order valence-electron chi connectivity index (χ1n) is 4.60. The largest absolute Gasteiger partial charge is 0.355 e. The number of carbonyl (C=O) groups excluding carboxylic acids is 1. The zero-order valence-electron chi connectivity index (χ0n) is 8.09. The second kappa shape index (κ2) is 5.65. The van der Waals surface area contributed by atoms with Crippen LogP contribution in [0.4, 0.5) is 0 Å². The van der Waals surface area contributed by atoms with Crippen LogP contribution in [0.3, 0.4) is 0 Å². The molecule has 1 atom stereocenters. The number of nitrogens with zero attached hydrogens (tertiary/aromatic N) is 1. The van der Waals surface area contributed by atoms with Crippen LogP contribution in [0.1, 0.15) is 19.2 Å². The Morgan fingerprint density at radius 2 is 2.57 bits per heavy atom. The molecule has 1 rings (SSSR count). The number of hydrogen-bond acceptors (Lipinski definition) is 2. The van der Waals surface area contributed by atoms with Crippen LogP contribution < -0.4 is 5.32 Å². The summed E-state index contributed by atoms with van der Waals surface area (Å²) in [4.78, 5) is 18.1. The molecule has 1 unspecified atom stereocenters. The Bertz CT molecular complexity index is 272. The van der Waals surface area contributed by atoms with Crippen molar-refractivity contribution in [2.45, 2.75) is 25.1 Å². The number of aromatic nitrogens is 2. The van der Waals surface area contributed by atoms with Gasteiger partial charge in [-0.05, 0) is 13.3 Å². The smallest absolute Gasteiger partial charge is 0.237 e. The summed E-state index contributed by atoms with van der Waals surface area (Å²) in [7, 11) is 0. The lowest BCUT2D eigenvalue weighted by Gasteiger charge is -2.04. The number of imidazole rings is 1. The molecule has 0 aliphatic heterocycles. The van der Waals surface area contributed by atoms with Crippen molar-refractivity contribution < 1.29 is 4.79 Å². The highest BCUT2D eigenvalue weighted by atomic mass is 35.5. The average Bonchev–Trinajstić information content (AvgIpc) is 2.64. The normalized spacial score (nSPS) is 12.4. The number of aromatic amines is 1. The van der Waals surface area contributed by atoms with Gasteiger partial charge in [0.05, 0.1) is 0 Å². The molecule has 1 amide bonds. The number of amides is 1. The second-order valence-electron chi connectivity index (χ2n) is 3.05. The molecule has 5 heteroatoms. The van der Waals surface area contributed by atoms with Gasteiger partial charge in [-0.3, -0.25) is 4.79 Å². The Morgan fingerprint density at radius 1 is 1.79 bits per heavy atom. The average molecular weight is 216 g/mol. The summed E-state index contributed by atoms with van der Waals surface area (Å²) in [6.45, 7) is 2.29. The zero-order valence-corrected chi connectivity index (χ0v) is 8.84. The SMILES string of the molecule is CC(Cl)C(=O)NCCCc1ncc[nH]1. The molecule has 14 heavy (non-hydrogen) atoms. The lowest BCUT2D eigenvalue weighted by atomic mass is 10.3. The van der Waals surface area contributed by atoms with Gasteiger partial charge in [-0.2, -0.15) is 0 Å². The second-order valence-corrected chi connectivity index (χ2v) is 3.70. The summed E-state index contributed by atoms with van der Waals surface area (Å²) in [5, 5.41) is 2.27. The van der Waals surface area contributed by atoms with Crippen LogP contribution in [-0.4, -0.2) is 27.8 Å². The molecular formula is C9H14ClN3O. The van der Waals surface area contributed by atoms with E-state index in [4.69, 9.17) is 11.6 Å². The number of aryl methyl sites for hydroxylation is 1. The summed E-state index contributed by atoms with van der Waals surface area (Å²) in [6.07, 6.45) is 5.20. The highest BCUT2D eigenvalue weighted by Crippen LogP contribution is 1.95. The summed E-state index contributed by atoms with van der Waals surface area (Å²) >= 11 is 5.58. The molecule has 1 heterocycles. The van der Waals surface area contributed by atoms with Crippen LogP contribution in [-0.2, 0) is 11.2 Å². The van der Waals surface area contributed by atoms with Gasteiger partial charge >= 0.3 is 0 Å². The van der Waals surface area contributed by atoms with Gasteiger partial charge in [0.2, 0.25) is 5.91 Å². The quantitative estimate of drug-likeness (QED) is 0.571. The topological polar surface area (TPSA) is 57.8 Å². The minimum absolute atomic E-state index is 0.119. The van der Waals surface area contributed by atoms with E-state index in [0.29, 0.717) is 6.54 Å². The van der Waals surface area contributed by atoms with Gasteiger partial charge in [-0.25, -0.2) is 4.98 Å². The summed E-state index contributed by atoms with van der Waals surface area (Å²) in [5.41, 5.74) is 0. The van der Waals surface area contributed by atoms with Crippen molar-refractivity contribution in [2.24, 2.45) is 0 Å².